The van der Waals surface area contributed by atoms with Gasteiger partial charge in [0.05, 0.1) is 7.11 Å². The van der Waals surface area contributed by atoms with Gasteiger partial charge in [-0.3, -0.25) is 4.90 Å². The summed E-state index contributed by atoms with van der Waals surface area (Å²) in [6, 6.07) is 5.36. The number of rotatable bonds is 6. The highest BCUT2D eigenvalue weighted by Crippen LogP contribution is 2.20. The van der Waals surface area contributed by atoms with Gasteiger partial charge in [-0.1, -0.05) is 19.9 Å². The molecule has 0 aromatic heterocycles. The molecule has 0 saturated carbocycles. The quantitative estimate of drug-likeness (QED) is 0.828. The second-order valence-corrected chi connectivity index (χ2v) is 7.17. The Kier molecular flexibility index (Phi) is 7.05. The zero-order chi connectivity index (χ0) is 18.4. The van der Waals surface area contributed by atoms with Crippen LogP contribution in [0.4, 0.5) is 9.18 Å². The van der Waals surface area contributed by atoms with E-state index in [2.05, 4.69) is 29.4 Å². The fraction of sp³-hybridized carbons (Fsp3) is 0.632. The average molecular weight is 351 g/mol. The molecule has 1 aliphatic rings. The molecule has 1 saturated heterocycles. The van der Waals surface area contributed by atoms with Crippen LogP contribution in [0, 0.1) is 11.7 Å². The Morgan fingerprint density at radius 3 is 2.56 bits per heavy atom. The molecule has 2 N–H and O–H groups in total. The lowest BCUT2D eigenvalue weighted by molar-refractivity contribution is 0.185. The topological polar surface area (TPSA) is 53.6 Å². The molecule has 0 radical (unpaired) electrons. The summed E-state index contributed by atoms with van der Waals surface area (Å²) >= 11 is 0. The molecule has 1 aromatic carbocycles. The van der Waals surface area contributed by atoms with Crippen molar-refractivity contribution in [3.63, 3.8) is 0 Å². The molecule has 1 unspecified atom stereocenters. The van der Waals surface area contributed by atoms with Gasteiger partial charge in [0.1, 0.15) is 0 Å². The van der Waals surface area contributed by atoms with E-state index in [0.29, 0.717) is 12.5 Å². The molecule has 2 rings (SSSR count). The number of hydrogen-bond donors (Lipinski definition) is 2. The van der Waals surface area contributed by atoms with Crippen molar-refractivity contribution in [1.82, 2.24) is 15.5 Å². The number of carbonyl (C=O) groups excluding carboxylic acids is 1. The van der Waals surface area contributed by atoms with Gasteiger partial charge in [0, 0.05) is 31.7 Å². The first kappa shape index (κ1) is 19.5. The van der Waals surface area contributed by atoms with Crippen LogP contribution in [0.1, 0.15) is 39.2 Å². The number of carbonyl (C=O) groups is 1. The Labute approximate surface area is 149 Å². The maximum atomic E-state index is 13.8. The van der Waals surface area contributed by atoms with Crippen LogP contribution in [0.2, 0.25) is 0 Å². The smallest absolute Gasteiger partial charge is 0.315 e. The first-order valence-electron chi connectivity index (χ1n) is 9.00. The third kappa shape index (κ3) is 5.88. The minimum atomic E-state index is -0.326. The second-order valence-electron chi connectivity index (χ2n) is 7.17. The van der Waals surface area contributed by atoms with Crippen LogP contribution >= 0.6 is 0 Å². The molecule has 2 amide bonds. The van der Waals surface area contributed by atoms with Crippen molar-refractivity contribution in [2.45, 2.75) is 52.2 Å². The zero-order valence-electron chi connectivity index (χ0n) is 15.6. The highest BCUT2D eigenvalue weighted by atomic mass is 19.1. The Morgan fingerprint density at radius 1 is 1.32 bits per heavy atom. The molecular weight excluding hydrogens is 321 g/mol. The third-order valence-electron chi connectivity index (χ3n) is 4.90. The molecule has 25 heavy (non-hydrogen) atoms. The summed E-state index contributed by atoms with van der Waals surface area (Å²) in [6.45, 7) is 8.68. The number of piperidine rings is 1. The van der Waals surface area contributed by atoms with Crippen LogP contribution in [0.3, 0.4) is 0 Å². The molecule has 1 aromatic rings. The Hall–Kier alpha value is -1.82. The molecular formula is C19H30FN3O2. The lowest BCUT2D eigenvalue weighted by Crippen LogP contribution is -2.50. The predicted molar refractivity (Wildman–Crippen MR) is 97.2 cm³/mol. The van der Waals surface area contributed by atoms with Crippen LogP contribution in [0.5, 0.6) is 5.75 Å². The number of amides is 2. The normalized spacial score (nSPS) is 17.4. The predicted octanol–water partition coefficient (Wildman–Crippen LogP) is 3.14. The maximum Gasteiger partial charge on any atom is 0.315 e. The highest BCUT2D eigenvalue weighted by Gasteiger charge is 2.21. The van der Waals surface area contributed by atoms with Gasteiger partial charge in [0.25, 0.3) is 0 Å². The van der Waals surface area contributed by atoms with Crippen molar-refractivity contribution in [3.05, 3.63) is 29.6 Å². The maximum absolute atomic E-state index is 13.8. The summed E-state index contributed by atoms with van der Waals surface area (Å²) in [5.74, 6) is 0.360. The van der Waals surface area contributed by atoms with E-state index >= 15 is 0 Å². The van der Waals surface area contributed by atoms with Crippen molar-refractivity contribution in [2.24, 2.45) is 5.92 Å². The van der Waals surface area contributed by atoms with Crippen LogP contribution in [0.25, 0.3) is 0 Å². The lowest BCUT2D eigenvalue weighted by Gasteiger charge is -2.32. The van der Waals surface area contributed by atoms with Crippen molar-refractivity contribution >= 4 is 6.03 Å². The minimum Gasteiger partial charge on any atom is -0.494 e. The van der Waals surface area contributed by atoms with Gasteiger partial charge in [0.2, 0.25) is 0 Å². The van der Waals surface area contributed by atoms with E-state index in [1.807, 2.05) is 13.0 Å². The van der Waals surface area contributed by atoms with E-state index in [0.717, 1.165) is 31.5 Å². The van der Waals surface area contributed by atoms with Crippen LogP contribution < -0.4 is 15.4 Å². The standard InChI is InChI=1S/C19H30FN3O2/c1-13(2)14(3)21-19(24)22-16-7-9-23(10-8-16)12-15-5-6-18(25-4)17(20)11-15/h5-6,11,13-14,16H,7-10,12H2,1-4H3,(H2,21,22,24). The van der Waals surface area contributed by atoms with E-state index in [4.69, 9.17) is 4.74 Å². The SMILES string of the molecule is COc1ccc(CN2CCC(NC(=O)NC(C)C(C)C)CC2)cc1F. The number of nitrogens with zero attached hydrogens (tertiary/aromatic N) is 1. The number of nitrogens with one attached hydrogen (secondary N) is 2. The summed E-state index contributed by atoms with van der Waals surface area (Å²) < 4.78 is 18.7. The molecule has 5 nitrogen and oxygen atoms in total. The Balaban J connectivity index is 1.76. The summed E-state index contributed by atoms with van der Waals surface area (Å²) in [4.78, 5) is 14.3. The van der Waals surface area contributed by atoms with E-state index in [9.17, 15) is 9.18 Å². The number of hydrogen-bond acceptors (Lipinski definition) is 3. The number of halogens is 1. The van der Waals surface area contributed by atoms with E-state index in [-0.39, 0.29) is 29.7 Å². The van der Waals surface area contributed by atoms with E-state index in [1.54, 1.807) is 6.07 Å². The summed E-state index contributed by atoms with van der Waals surface area (Å²) in [7, 11) is 1.47. The van der Waals surface area contributed by atoms with Crippen LogP contribution in [0.15, 0.2) is 18.2 Å². The summed E-state index contributed by atoms with van der Waals surface area (Å²) in [5.41, 5.74) is 0.938. The zero-order valence-corrected chi connectivity index (χ0v) is 15.6. The van der Waals surface area contributed by atoms with Gasteiger partial charge in [0.15, 0.2) is 11.6 Å². The first-order valence-corrected chi connectivity index (χ1v) is 9.00. The fourth-order valence-electron chi connectivity index (χ4n) is 2.90. The number of ether oxygens (including phenoxy) is 1. The van der Waals surface area contributed by atoms with E-state index in [1.165, 1.54) is 13.2 Å². The van der Waals surface area contributed by atoms with Gasteiger partial charge in [-0.15, -0.1) is 0 Å². The number of likely N-dealkylation sites (tertiary alicyclic amines) is 1. The fourth-order valence-corrected chi connectivity index (χ4v) is 2.90. The lowest BCUT2D eigenvalue weighted by atomic mass is 10.0. The van der Waals surface area contributed by atoms with Gasteiger partial charge < -0.3 is 15.4 Å². The number of urea groups is 1. The molecule has 0 bridgehead atoms. The first-order chi connectivity index (χ1) is 11.9. The van der Waals surface area contributed by atoms with Gasteiger partial charge in [-0.05, 0) is 43.4 Å². The average Bonchev–Trinajstić information content (AvgIpc) is 2.56. The minimum absolute atomic E-state index is 0.0862. The van der Waals surface area contributed by atoms with Crippen LogP contribution in [-0.4, -0.2) is 43.2 Å². The van der Waals surface area contributed by atoms with Crippen molar-refractivity contribution in [1.29, 1.82) is 0 Å². The van der Waals surface area contributed by atoms with Crippen LogP contribution in [-0.2, 0) is 6.54 Å². The molecule has 6 heteroatoms. The molecule has 140 valence electrons. The number of methoxy groups -OCH3 is 1. The highest BCUT2D eigenvalue weighted by molar-refractivity contribution is 5.74. The molecule has 1 fully saturated rings. The molecule has 1 aliphatic heterocycles. The largest absolute Gasteiger partial charge is 0.494 e. The van der Waals surface area contributed by atoms with E-state index < -0.39 is 0 Å². The molecule has 0 aliphatic carbocycles. The van der Waals surface area contributed by atoms with Crippen molar-refractivity contribution in [2.75, 3.05) is 20.2 Å². The summed E-state index contributed by atoms with van der Waals surface area (Å²) in [5, 5.41) is 6.04. The summed E-state index contributed by atoms with van der Waals surface area (Å²) in [6.07, 6.45) is 1.81. The molecule has 0 spiro atoms. The van der Waals surface area contributed by atoms with Gasteiger partial charge in [-0.2, -0.15) is 0 Å². The van der Waals surface area contributed by atoms with Crippen molar-refractivity contribution in [3.8, 4) is 5.75 Å². The Morgan fingerprint density at radius 2 is 2.00 bits per heavy atom. The number of benzene rings is 1. The van der Waals surface area contributed by atoms with Gasteiger partial charge in [-0.25, -0.2) is 9.18 Å². The second kappa shape index (κ2) is 9.04. The van der Waals surface area contributed by atoms with Gasteiger partial charge >= 0.3 is 6.03 Å². The Bertz CT molecular complexity index is 572. The third-order valence-corrected chi connectivity index (χ3v) is 4.90. The molecule has 1 atom stereocenters. The molecule has 1 heterocycles. The van der Waals surface area contributed by atoms with Crippen molar-refractivity contribution < 1.29 is 13.9 Å². The monoisotopic (exact) mass is 351 g/mol.